The lowest BCUT2D eigenvalue weighted by Gasteiger charge is -2.35. The minimum absolute atomic E-state index is 0.115. The number of pyridine rings is 1. The first kappa shape index (κ1) is 15.5. The van der Waals surface area contributed by atoms with E-state index in [1.807, 2.05) is 13.8 Å². The number of nitrogens with two attached hydrogens (primary N) is 1. The van der Waals surface area contributed by atoms with Crippen molar-refractivity contribution in [1.82, 2.24) is 10.3 Å². The molecule has 1 aromatic rings. The van der Waals surface area contributed by atoms with Crippen molar-refractivity contribution in [3.63, 3.8) is 0 Å². The van der Waals surface area contributed by atoms with E-state index >= 15 is 0 Å². The number of nitrogens with zero attached hydrogens (tertiary/aromatic N) is 1. The predicted octanol–water partition coefficient (Wildman–Crippen LogP) is 1.08. The van der Waals surface area contributed by atoms with Crippen molar-refractivity contribution in [1.29, 1.82) is 0 Å². The molecule has 112 valence electrons. The molecular formula is C16H21N3O2. The number of hydrogen-bond acceptors (Lipinski definition) is 4. The summed E-state index contributed by atoms with van der Waals surface area (Å²) in [5.41, 5.74) is 6.32. The summed E-state index contributed by atoms with van der Waals surface area (Å²) < 4.78 is 5.66. The molecule has 5 nitrogen and oxygen atoms in total. The average molecular weight is 287 g/mol. The van der Waals surface area contributed by atoms with E-state index in [0.29, 0.717) is 17.7 Å². The monoisotopic (exact) mass is 287 g/mol. The van der Waals surface area contributed by atoms with Crippen LogP contribution in [0.25, 0.3) is 0 Å². The topological polar surface area (TPSA) is 77.2 Å². The van der Waals surface area contributed by atoms with Gasteiger partial charge >= 0.3 is 0 Å². The molecule has 5 heteroatoms. The zero-order valence-electron chi connectivity index (χ0n) is 12.5. The second-order valence-electron chi connectivity index (χ2n) is 5.70. The number of nitrogens with one attached hydrogen (secondary N) is 1. The maximum Gasteiger partial charge on any atom is 0.252 e. The van der Waals surface area contributed by atoms with Crippen molar-refractivity contribution in [3.05, 3.63) is 29.6 Å². The summed E-state index contributed by atoms with van der Waals surface area (Å²) in [6.45, 7) is 4.99. The molecule has 0 saturated carbocycles. The van der Waals surface area contributed by atoms with Crippen molar-refractivity contribution in [2.45, 2.75) is 38.3 Å². The fraction of sp³-hybridized carbons (Fsp3) is 0.500. The molecule has 1 aromatic heterocycles. The third-order valence-corrected chi connectivity index (χ3v) is 3.42. The maximum atomic E-state index is 12.4. The van der Waals surface area contributed by atoms with Gasteiger partial charge in [-0.15, -0.1) is 0 Å². The largest absolute Gasteiger partial charge is 0.375 e. The third-order valence-electron chi connectivity index (χ3n) is 3.42. The van der Waals surface area contributed by atoms with Gasteiger partial charge in [0.15, 0.2) is 0 Å². The van der Waals surface area contributed by atoms with Crippen LogP contribution in [0.1, 0.15) is 42.6 Å². The molecule has 3 N–H and O–H groups in total. The summed E-state index contributed by atoms with van der Waals surface area (Å²) in [4.78, 5) is 16.4. The average Bonchev–Trinajstić information content (AvgIpc) is 2.44. The van der Waals surface area contributed by atoms with E-state index in [2.05, 4.69) is 22.1 Å². The van der Waals surface area contributed by atoms with Gasteiger partial charge in [-0.1, -0.05) is 11.8 Å². The molecule has 2 heterocycles. The Hall–Kier alpha value is -1.90. The first-order chi connectivity index (χ1) is 10.0. The first-order valence-corrected chi connectivity index (χ1v) is 7.09. The van der Waals surface area contributed by atoms with E-state index in [0.717, 1.165) is 12.8 Å². The zero-order valence-corrected chi connectivity index (χ0v) is 12.5. The van der Waals surface area contributed by atoms with Crippen LogP contribution in [0.3, 0.4) is 0 Å². The van der Waals surface area contributed by atoms with E-state index in [9.17, 15) is 4.79 Å². The number of hydrogen-bond donors (Lipinski definition) is 2. The summed E-state index contributed by atoms with van der Waals surface area (Å²) >= 11 is 0. The number of amides is 1. The van der Waals surface area contributed by atoms with Gasteiger partial charge in [-0.25, -0.2) is 0 Å². The Bertz CT molecular complexity index is 572. The molecule has 0 spiro atoms. The van der Waals surface area contributed by atoms with Crippen LogP contribution in [-0.2, 0) is 4.74 Å². The van der Waals surface area contributed by atoms with Gasteiger partial charge in [-0.3, -0.25) is 9.78 Å². The molecule has 1 atom stereocenters. The van der Waals surface area contributed by atoms with E-state index in [4.69, 9.17) is 10.5 Å². The molecule has 0 radical (unpaired) electrons. The Morgan fingerprint density at radius 3 is 3.14 bits per heavy atom. The second-order valence-corrected chi connectivity index (χ2v) is 5.70. The van der Waals surface area contributed by atoms with Crippen LogP contribution in [-0.4, -0.2) is 35.7 Å². The Balaban J connectivity index is 2.10. The van der Waals surface area contributed by atoms with Crippen molar-refractivity contribution in [2.24, 2.45) is 5.73 Å². The smallest absolute Gasteiger partial charge is 0.252 e. The molecule has 1 fully saturated rings. The maximum absolute atomic E-state index is 12.4. The van der Waals surface area contributed by atoms with Crippen molar-refractivity contribution in [2.75, 3.05) is 13.2 Å². The number of carbonyl (C=O) groups excluding carboxylic acids is 1. The minimum Gasteiger partial charge on any atom is -0.375 e. The van der Waals surface area contributed by atoms with Gasteiger partial charge in [0, 0.05) is 25.0 Å². The summed E-state index contributed by atoms with van der Waals surface area (Å²) in [5.74, 6) is 5.51. The van der Waals surface area contributed by atoms with Crippen LogP contribution >= 0.6 is 0 Å². The van der Waals surface area contributed by atoms with Gasteiger partial charge in [0.1, 0.15) is 0 Å². The number of aromatic nitrogens is 1. The van der Waals surface area contributed by atoms with E-state index in [-0.39, 0.29) is 24.1 Å². The van der Waals surface area contributed by atoms with Crippen LogP contribution in [0.15, 0.2) is 18.5 Å². The third kappa shape index (κ3) is 4.28. The molecule has 2 rings (SSSR count). The lowest BCUT2D eigenvalue weighted by Crippen LogP contribution is -2.45. The molecule has 0 bridgehead atoms. The second kappa shape index (κ2) is 6.70. The summed E-state index contributed by atoms with van der Waals surface area (Å²) in [5, 5.41) is 3.06. The number of ether oxygens (including phenoxy) is 1. The van der Waals surface area contributed by atoms with E-state index < -0.39 is 0 Å². The molecule has 1 amide bonds. The predicted molar refractivity (Wildman–Crippen MR) is 80.7 cm³/mol. The van der Waals surface area contributed by atoms with Gasteiger partial charge in [0.05, 0.1) is 23.3 Å². The molecule has 21 heavy (non-hydrogen) atoms. The molecule has 0 aliphatic carbocycles. The highest BCUT2D eigenvalue weighted by Crippen LogP contribution is 2.24. The van der Waals surface area contributed by atoms with Crippen molar-refractivity contribution < 1.29 is 9.53 Å². The van der Waals surface area contributed by atoms with E-state index in [1.54, 1.807) is 18.5 Å². The SMILES string of the molecule is CC1(C)CC(NC(=O)c2ccncc2C#CCN)CCO1. The molecule has 1 aliphatic rings. The molecule has 0 aromatic carbocycles. The summed E-state index contributed by atoms with van der Waals surface area (Å²) in [6.07, 6.45) is 4.81. The van der Waals surface area contributed by atoms with E-state index in [1.165, 1.54) is 0 Å². The number of carbonyl (C=O) groups is 1. The van der Waals surface area contributed by atoms with Crippen LogP contribution in [0.5, 0.6) is 0 Å². The Kier molecular flexibility index (Phi) is 4.94. The lowest BCUT2D eigenvalue weighted by atomic mass is 9.93. The summed E-state index contributed by atoms with van der Waals surface area (Å²) in [7, 11) is 0. The summed E-state index contributed by atoms with van der Waals surface area (Å²) in [6, 6.07) is 1.80. The molecule has 1 saturated heterocycles. The van der Waals surface area contributed by atoms with Gasteiger partial charge < -0.3 is 15.8 Å². The highest BCUT2D eigenvalue weighted by atomic mass is 16.5. The van der Waals surface area contributed by atoms with Gasteiger partial charge in [0.2, 0.25) is 0 Å². The molecular weight excluding hydrogens is 266 g/mol. The Morgan fingerprint density at radius 2 is 2.43 bits per heavy atom. The van der Waals surface area contributed by atoms with Crippen LogP contribution in [0.4, 0.5) is 0 Å². The Labute approximate surface area is 125 Å². The standard InChI is InChI=1S/C16H21N3O2/c1-16(2)10-13(6-9-21-16)19-15(20)14-5-8-18-11-12(14)4-3-7-17/h5,8,11,13H,6-7,9-10,17H2,1-2H3,(H,19,20). The van der Waals surface area contributed by atoms with Crippen molar-refractivity contribution >= 4 is 5.91 Å². The molecule has 1 aliphatic heterocycles. The van der Waals surface area contributed by atoms with Gasteiger partial charge in [-0.2, -0.15) is 0 Å². The minimum atomic E-state index is -0.198. The van der Waals surface area contributed by atoms with Gasteiger partial charge in [0.25, 0.3) is 5.91 Å². The Morgan fingerprint density at radius 1 is 1.62 bits per heavy atom. The zero-order chi connectivity index (χ0) is 15.3. The fourth-order valence-electron chi connectivity index (χ4n) is 2.46. The highest BCUT2D eigenvalue weighted by Gasteiger charge is 2.30. The fourth-order valence-corrected chi connectivity index (χ4v) is 2.46. The lowest BCUT2D eigenvalue weighted by molar-refractivity contribution is -0.0615. The first-order valence-electron chi connectivity index (χ1n) is 7.09. The van der Waals surface area contributed by atoms with Crippen molar-refractivity contribution in [3.8, 4) is 11.8 Å². The quantitative estimate of drug-likeness (QED) is 0.798. The normalized spacial score (nSPS) is 20.2. The van der Waals surface area contributed by atoms with Gasteiger partial charge in [-0.05, 0) is 32.8 Å². The molecule has 1 unspecified atom stereocenters. The van der Waals surface area contributed by atoms with Crippen LogP contribution < -0.4 is 11.1 Å². The van der Waals surface area contributed by atoms with Crippen LogP contribution in [0.2, 0.25) is 0 Å². The van der Waals surface area contributed by atoms with Crippen LogP contribution in [0, 0.1) is 11.8 Å². The number of rotatable bonds is 2. The highest BCUT2D eigenvalue weighted by molar-refractivity contribution is 5.96.